The summed E-state index contributed by atoms with van der Waals surface area (Å²) in [6.07, 6.45) is 1.81. The highest BCUT2D eigenvalue weighted by Crippen LogP contribution is 2.27. The van der Waals surface area contributed by atoms with Crippen molar-refractivity contribution in [1.29, 1.82) is 0 Å². The zero-order chi connectivity index (χ0) is 26.6. The number of hydrogen-bond acceptors (Lipinski definition) is 6. The Bertz CT molecular complexity index is 1550. The highest BCUT2D eigenvalue weighted by molar-refractivity contribution is 5.93. The second-order valence-corrected chi connectivity index (χ2v) is 9.77. The minimum atomic E-state index is -0.0954. The number of fused-ring (bicyclic) bond motifs is 1. The van der Waals surface area contributed by atoms with E-state index in [1.165, 1.54) is 0 Å². The lowest BCUT2D eigenvalue weighted by Crippen LogP contribution is -2.39. The molecule has 5 aromatic rings. The minimum absolute atomic E-state index is 0.0954. The zero-order valence-electron chi connectivity index (χ0n) is 21.8. The first-order chi connectivity index (χ1) is 19.2. The topological polar surface area (TPSA) is 82.6 Å². The van der Waals surface area contributed by atoms with Crippen LogP contribution in [0.4, 0.5) is 0 Å². The van der Waals surface area contributed by atoms with Crippen molar-refractivity contribution in [3.63, 3.8) is 0 Å². The lowest BCUT2D eigenvalue weighted by molar-refractivity contribution is 0.0672. The van der Waals surface area contributed by atoms with Crippen molar-refractivity contribution < 1.29 is 18.8 Å². The first-order valence-electron chi connectivity index (χ1n) is 13.2. The van der Waals surface area contributed by atoms with Gasteiger partial charge in [-0.1, -0.05) is 35.5 Å². The van der Waals surface area contributed by atoms with Gasteiger partial charge in [-0.05, 0) is 67.3 Å². The van der Waals surface area contributed by atoms with Gasteiger partial charge in [0, 0.05) is 31.3 Å². The van der Waals surface area contributed by atoms with Crippen LogP contribution >= 0.6 is 0 Å². The summed E-state index contributed by atoms with van der Waals surface area (Å²) < 4.78 is 19.0. The van der Waals surface area contributed by atoms with E-state index in [1.54, 1.807) is 13.2 Å². The number of aromatic nitrogens is 3. The smallest absolute Gasteiger partial charge is 0.276 e. The maximum Gasteiger partial charge on any atom is 0.276 e. The third-order valence-electron chi connectivity index (χ3n) is 7.29. The van der Waals surface area contributed by atoms with Gasteiger partial charge in [-0.3, -0.25) is 4.79 Å². The number of benzene rings is 3. The van der Waals surface area contributed by atoms with Crippen molar-refractivity contribution in [2.45, 2.75) is 26.0 Å². The molecule has 1 fully saturated rings. The molecular weight excluding hydrogens is 492 g/mol. The molecular formula is C31H30N4O4. The van der Waals surface area contributed by atoms with Crippen LogP contribution in [0.1, 0.15) is 29.2 Å². The first-order valence-corrected chi connectivity index (χ1v) is 13.2. The summed E-state index contributed by atoms with van der Waals surface area (Å²) in [7, 11) is 1.63. The lowest BCUT2D eigenvalue weighted by atomic mass is 9.96. The Kier molecular flexibility index (Phi) is 6.99. The third kappa shape index (κ3) is 5.36. The van der Waals surface area contributed by atoms with Gasteiger partial charge in [0.1, 0.15) is 23.9 Å². The third-order valence-corrected chi connectivity index (χ3v) is 7.29. The average Bonchev–Trinajstić information content (AvgIpc) is 3.62. The van der Waals surface area contributed by atoms with E-state index in [0.717, 1.165) is 53.3 Å². The number of carbonyl (C=O) groups excluding carboxylic acids is 1. The molecule has 1 aliphatic rings. The fraction of sp³-hybridized carbons (Fsp3) is 0.258. The molecule has 0 bridgehead atoms. The van der Waals surface area contributed by atoms with Crippen molar-refractivity contribution in [2.24, 2.45) is 5.92 Å². The molecule has 8 nitrogen and oxygen atoms in total. The van der Waals surface area contributed by atoms with E-state index in [2.05, 4.69) is 15.8 Å². The first kappa shape index (κ1) is 24.7. The molecule has 198 valence electrons. The number of methoxy groups -OCH3 is 1. The van der Waals surface area contributed by atoms with Crippen LogP contribution in [0.2, 0.25) is 0 Å². The fourth-order valence-electron chi connectivity index (χ4n) is 5.11. The minimum Gasteiger partial charge on any atom is -0.497 e. The van der Waals surface area contributed by atoms with E-state index in [0.29, 0.717) is 37.1 Å². The van der Waals surface area contributed by atoms with Gasteiger partial charge in [-0.15, -0.1) is 0 Å². The molecule has 0 atom stereocenters. The van der Waals surface area contributed by atoms with Gasteiger partial charge in [0.15, 0.2) is 11.5 Å². The van der Waals surface area contributed by atoms with Crippen molar-refractivity contribution >= 4 is 16.9 Å². The van der Waals surface area contributed by atoms with Crippen LogP contribution in [-0.4, -0.2) is 45.7 Å². The number of piperidine rings is 1. The van der Waals surface area contributed by atoms with Gasteiger partial charge >= 0.3 is 0 Å². The number of amides is 1. The van der Waals surface area contributed by atoms with Gasteiger partial charge in [0.05, 0.1) is 18.1 Å². The van der Waals surface area contributed by atoms with Crippen LogP contribution in [0.15, 0.2) is 89.5 Å². The summed E-state index contributed by atoms with van der Waals surface area (Å²) in [5.74, 6) is 3.39. The van der Waals surface area contributed by atoms with Crippen LogP contribution in [-0.2, 0) is 13.2 Å². The Morgan fingerprint density at radius 1 is 0.949 bits per heavy atom. The van der Waals surface area contributed by atoms with Gasteiger partial charge in [0.25, 0.3) is 5.91 Å². The number of carbonyl (C=O) groups is 1. The van der Waals surface area contributed by atoms with Crippen LogP contribution in [0.5, 0.6) is 11.5 Å². The molecule has 0 N–H and O–H groups in total. The highest BCUT2D eigenvalue weighted by Gasteiger charge is 2.27. The molecule has 6 rings (SSSR count). The fourth-order valence-corrected chi connectivity index (χ4v) is 5.11. The molecule has 39 heavy (non-hydrogen) atoms. The van der Waals surface area contributed by atoms with Crippen LogP contribution in [0, 0.1) is 5.92 Å². The molecule has 1 aliphatic heterocycles. The molecule has 2 aromatic heterocycles. The number of hydrogen-bond donors (Lipinski definition) is 0. The van der Waals surface area contributed by atoms with Crippen molar-refractivity contribution in [3.8, 4) is 22.8 Å². The van der Waals surface area contributed by atoms with Crippen LogP contribution in [0.25, 0.3) is 22.4 Å². The van der Waals surface area contributed by atoms with Gasteiger partial charge in [-0.25, -0.2) is 4.98 Å². The number of likely N-dealkylation sites (tertiary alicyclic amines) is 1. The zero-order valence-corrected chi connectivity index (χ0v) is 21.8. The van der Waals surface area contributed by atoms with E-state index >= 15 is 0 Å². The van der Waals surface area contributed by atoms with E-state index in [1.807, 2.05) is 77.7 Å². The molecule has 1 saturated heterocycles. The molecule has 8 heteroatoms. The molecule has 0 aliphatic carbocycles. The van der Waals surface area contributed by atoms with Gasteiger partial charge in [-0.2, -0.15) is 0 Å². The molecule has 0 radical (unpaired) electrons. The van der Waals surface area contributed by atoms with Crippen LogP contribution < -0.4 is 9.47 Å². The van der Waals surface area contributed by atoms with E-state index in [4.69, 9.17) is 19.0 Å². The van der Waals surface area contributed by atoms with Crippen molar-refractivity contribution in [1.82, 2.24) is 19.6 Å². The van der Waals surface area contributed by atoms with E-state index in [9.17, 15) is 4.79 Å². The predicted molar refractivity (Wildman–Crippen MR) is 148 cm³/mol. The van der Waals surface area contributed by atoms with E-state index < -0.39 is 0 Å². The van der Waals surface area contributed by atoms with E-state index in [-0.39, 0.29) is 5.91 Å². The number of para-hydroxylation sites is 3. The molecule has 0 unspecified atom stereocenters. The summed E-state index contributed by atoms with van der Waals surface area (Å²) >= 11 is 0. The number of nitrogens with zero attached hydrogens (tertiary/aromatic N) is 4. The van der Waals surface area contributed by atoms with Gasteiger partial charge in [0.2, 0.25) is 0 Å². The Morgan fingerprint density at radius 2 is 1.69 bits per heavy atom. The second-order valence-electron chi connectivity index (χ2n) is 9.77. The standard InChI is InChI=1S/C31H30N4O4/c1-37-24-13-11-23(12-14-24)29-19-27(33-39-29)31(36)34-17-15-22(16-18-34)20-35-28-10-6-5-9-26(28)32-30(35)21-38-25-7-3-2-4-8-25/h2-14,19,22H,15-18,20-21H2,1H3. The summed E-state index contributed by atoms with van der Waals surface area (Å²) in [5.41, 5.74) is 3.26. The largest absolute Gasteiger partial charge is 0.497 e. The average molecular weight is 523 g/mol. The molecule has 3 heterocycles. The lowest BCUT2D eigenvalue weighted by Gasteiger charge is -2.32. The summed E-state index contributed by atoms with van der Waals surface area (Å²) in [4.78, 5) is 19.9. The second kappa shape index (κ2) is 11.0. The highest BCUT2D eigenvalue weighted by atomic mass is 16.5. The number of rotatable bonds is 8. The predicted octanol–water partition coefficient (Wildman–Crippen LogP) is 5.83. The normalized spacial score (nSPS) is 14.0. The SMILES string of the molecule is COc1ccc(-c2cc(C(=O)N3CCC(Cn4c(COc5ccccc5)nc5ccccc54)CC3)no2)cc1. The van der Waals surface area contributed by atoms with Crippen molar-refractivity contribution in [3.05, 3.63) is 96.4 Å². The summed E-state index contributed by atoms with van der Waals surface area (Å²) in [5, 5.41) is 4.06. The van der Waals surface area contributed by atoms with Crippen molar-refractivity contribution in [2.75, 3.05) is 20.2 Å². The number of imidazole rings is 1. The summed E-state index contributed by atoms with van der Waals surface area (Å²) in [6.45, 7) is 2.59. The Hall–Kier alpha value is -4.59. The summed E-state index contributed by atoms with van der Waals surface area (Å²) in [6, 6.07) is 27.2. The Labute approximate surface area is 226 Å². The molecule has 0 spiro atoms. The molecule has 0 saturated carbocycles. The Morgan fingerprint density at radius 3 is 2.46 bits per heavy atom. The monoisotopic (exact) mass is 522 g/mol. The number of ether oxygens (including phenoxy) is 2. The Balaban J connectivity index is 1.10. The molecule has 3 aromatic carbocycles. The molecule has 1 amide bonds. The maximum atomic E-state index is 13.2. The maximum absolute atomic E-state index is 13.2. The van der Waals surface area contributed by atoms with Gasteiger partial charge < -0.3 is 23.5 Å². The van der Waals surface area contributed by atoms with Crippen LogP contribution in [0.3, 0.4) is 0 Å². The quantitative estimate of drug-likeness (QED) is 0.255.